The molecule has 1 saturated heterocycles. The summed E-state index contributed by atoms with van der Waals surface area (Å²) in [6, 6.07) is 8.58. The number of fused-ring (bicyclic) bond motifs is 2. The van der Waals surface area contributed by atoms with Gasteiger partial charge in [-0.3, -0.25) is 0 Å². The maximum atomic E-state index is 13.1. The van der Waals surface area contributed by atoms with Crippen molar-refractivity contribution in [3.05, 3.63) is 47.9 Å². The van der Waals surface area contributed by atoms with Crippen LogP contribution >= 0.6 is 0 Å². The number of nitrogens with one attached hydrogen (secondary N) is 1. The molecule has 5 rings (SSSR count). The van der Waals surface area contributed by atoms with Gasteiger partial charge in [0.2, 0.25) is 0 Å². The first kappa shape index (κ1) is 20.9. The number of hydrogen-bond donors (Lipinski definition) is 1. The minimum Gasteiger partial charge on any atom is -0.491 e. The summed E-state index contributed by atoms with van der Waals surface area (Å²) >= 11 is 0. The predicted molar refractivity (Wildman–Crippen MR) is 110 cm³/mol. The van der Waals surface area contributed by atoms with Crippen molar-refractivity contribution in [2.24, 2.45) is 10.9 Å². The molecular formula is C22H21F3N4O3. The number of alkyl halides is 3. The molecule has 0 amide bonds. The van der Waals surface area contributed by atoms with E-state index in [4.69, 9.17) is 14.2 Å². The molecule has 2 aromatic heterocycles. The van der Waals surface area contributed by atoms with Crippen LogP contribution in [0.25, 0.3) is 11.0 Å². The molecule has 2 aliphatic heterocycles. The summed E-state index contributed by atoms with van der Waals surface area (Å²) in [5.41, 5.74) is 0.104. The third kappa shape index (κ3) is 4.20. The minimum absolute atomic E-state index is 0.0842. The first-order valence-electron chi connectivity index (χ1n) is 10.3. The molecule has 0 bridgehead atoms. The Morgan fingerprint density at radius 2 is 2.09 bits per heavy atom. The summed E-state index contributed by atoms with van der Waals surface area (Å²) in [5.74, 6) is 0.996. The van der Waals surface area contributed by atoms with Crippen molar-refractivity contribution in [2.75, 3.05) is 26.4 Å². The van der Waals surface area contributed by atoms with E-state index in [0.29, 0.717) is 25.7 Å². The smallest absolute Gasteiger partial charge is 0.431 e. The van der Waals surface area contributed by atoms with Crippen molar-refractivity contribution in [2.45, 2.75) is 24.6 Å². The second kappa shape index (κ2) is 8.51. The van der Waals surface area contributed by atoms with Crippen molar-refractivity contribution >= 4 is 23.1 Å². The van der Waals surface area contributed by atoms with Gasteiger partial charge in [0.05, 0.1) is 24.5 Å². The highest BCUT2D eigenvalue weighted by Crippen LogP contribution is 2.36. The molecule has 2 aliphatic rings. The quantitative estimate of drug-likeness (QED) is 0.592. The van der Waals surface area contributed by atoms with Crippen LogP contribution in [0.1, 0.15) is 23.6 Å². The van der Waals surface area contributed by atoms with E-state index in [-0.39, 0.29) is 28.9 Å². The number of nitrogens with zero attached hydrogens (tertiary/aromatic N) is 3. The van der Waals surface area contributed by atoms with Crippen molar-refractivity contribution in [3.63, 3.8) is 0 Å². The summed E-state index contributed by atoms with van der Waals surface area (Å²) in [6.07, 6.45) is -0.971. The van der Waals surface area contributed by atoms with Gasteiger partial charge in [0.25, 0.3) is 0 Å². The highest BCUT2D eigenvalue weighted by Gasteiger charge is 2.34. The molecule has 0 aliphatic carbocycles. The third-order valence-electron chi connectivity index (χ3n) is 5.72. The van der Waals surface area contributed by atoms with Gasteiger partial charge in [-0.15, -0.1) is 0 Å². The number of aliphatic imine (C=N–C) groups is 1. The lowest BCUT2D eigenvalue weighted by molar-refractivity contribution is -0.140. The van der Waals surface area contributed by atoms with E-state index in [1.165, 1.54) is 6.33 Å². The summed E-state index contributed by atoms with van der Waals surface area (Å²) < 4.78 is 56.8. The van der Waals surface area contributed by atoms with Crippen LogP contribution in [0.5, 0.6) is 5.75 Å². The molecule has 1 fully saturated rings. The molecule has 32 heavy (non-hydrogen) atoms. The van der Waals surface area contributed by atoms with Crippen LogP contribution in [0, 0.1) is 5.92 Å². The van der Waals surface area contributed by atoms with E-state index in [1.54, 1.807) is 6.21 Å². The first-order valence-corrected chi connectivity index (χ1v) is 10.3. The molecule has 10 heteroatoms. The fourth-order valence-electron chi connectivity index (χ4n) is 4.00. The van der Waals surface area contributed by atoms with Crippen molar-refractivity contribution < 1.29 is 27.4 Å². The molecule has 4 heterocycles. The Morgan fingerprint density at radius 1 is 1.22 bits per heavy atom. The number of halogens is 3. The van der Waals surface area contributed by atoms with E-state index >= 15 is 0 Å². The average Bonchev–Trinajstić information content (AvgIpc) is 3.46. The van der Waals surface area contributed by atoms with Gasteiger partial charge < -0.3 is 19.2 Å². The topological polar surface area (TPSA) is 81.6 Å². The van der Waals surface area contributed by atoms with E-state index in [0.717, 1.165) is 30.4 Å². The second-order valence-electron chi connectivity index (χ2n) is 7.89. The normalized spacial score (nSPS) is 23.5. The molecule has 3 aromatic rings. The lowest BCUT2D eigenvalue weighted by atomic mass is 9.91. The van der Waals surface area contributed by atoms with Gasteiger partial charge in [-0.05, 0) is 18.6 Å². The van der Waals surface area contributed by atoms with Crippen LogP contribution in [-0.4, -0.2) is 53.7 Å². The lowest BCUT2D eigenvalue weighted by Gasteiger charge is -2.32. The summed E-state index contributed by atoms with van der Waals surface area (Å²) in [5, 5.41) is 0.206. The Kier molecular flexibility index (Phi) is 5.56. The lowest BCUT2D eigenvalue weighted by Crippen LogP contribution is -2.35. The number of hydrogen-bond acceptors (Lipinski definition) is 6. The van der Waals surface area contributed by atoms with Crippen molar-refractivity contribution in [1.82, 2.24) is 15.0 Å². The summed E-state index contributed by atoms with van der Waals surface area (Å²) in [4.78, 5) is 14.7. The van der Waals surface area contributed by atoms with Crippen LogP contribution in [0.15, 0.2) is 41.7 Å². The molecule has 3 atom stereocenters. The Bertz CT molecular complexity index is 1130. The van der Waals surface area contributed by atoms with E-state index in [9.17, 15) is 13.2 Å². The van der Waals surface area contributed by atoms with Gasteiger partial charge in [0.15, 0.2) is 5.82 Å². The van der Waals surface area contributed by atoms with Crippen LogP contribution in [0.3, 0.4) is 0 Å². The number of rotatable bonds is 5. The Labute approximate surface area is 181 Å². The molecular weight excluding hydrogens is 425 g/mol. The fourth-order valence-corrected chi connectivity index (χ4v) is 4.00. The molecule has 1 aromatic carbocycles. The van der Waals surface area contributed by atoms with Crippen LogP contribution < -0.4 is 4.74 Å². The average molecular weight is 446 g/mol. The van der Waals surface area contributed by atoms with E-state index in [1.807, 2.05) is 24.3 Å². The largest absolute Gasteiger partial charge is 0.491 e. The fraction of sp³-hybridized carbons (Fsp3) is 0.409. The second-order valence-corrected chi connectivity index (χ2v) is 7.89. The highest BCUT2D eigenvalue weighted by atomic mass is 19.4. The van der Waals surface area contributed by atoms with Gasteiger partial charge >= 0.3 is 6.18 Å². The number of H-pyrrole nitrogens is 1. The number of para-hydroxylation sites is 1. The van der Waals surface area contributed by atoms with Gasteiger partial charge in [-0.1, -0.05) is 18.2 Å². The molecule has 1 N–H and O–H groups in total. The van der Waals surface area contributed by atoms with Crippen LogP contribution in [-0.2, 0) is 15.7 Å². The van der Waals surface area contributed by atoms with Gasteiger partial charge in [-0.2, -0.15) is 13.2 Å². The standard InChI is InChI=1S/C22H21F3N4O3/c23-22(24,25)19-7-15-20(27-12-28-21(15)29-19)26-8-16-14-3-1-2-4-17(14)32-11-18(16)31-10-13-5-6-30-9-13/h1-4,7-8,12-13,16,18H,5-6,9-11H2,(H,27,28,29)/t13?,16?,18-/m0/s1. The number of benzene rings is 1. The van der Waals surface area contributed by atoms with Crippen molar-refractivity contribution in [3.8, 4) is 5.75 Å². The Balaban J connectivity index is 1.44. The molecule has 2 unspecified atom stereocenters. The van der Waals surface area contributed by atoms with Crippen LogP contribution in [0.4, 0.5) is 19.0 Å². The Hall–Kier alpha value is -2.98. The first-order chi connectivity index (χ1) is 15.5. The zero-order chi connectivity index (χ0) is 22.1. The predicted octanol–water partition coefficient (Wildman–Crippen LogP) is 4.28. The molecule has 0 saturated carbocycles. The summed E-state index contributed by atoms with van der Waals surface area (Å²) in [7, 11) is 0. The Morgan fingerprint density at radius 3 is 2.91 bits per heavy atom. The van der Waals surface area contributed by atoms with Crippen molar-refractivity contribution in [1.29, 1.82) is 0 Å². The number of ether oxygens (including phenoxy) is 3. The SMILES string of the molecule is FC(F)(F)c1cc2c(N=CC3c4ccccc4OC[C@@H]3OCC3CCOC3)ncnc2[nH]1. The maximum Gasteiger partial charge on any atom is 0.431 e. The molecule has 0 radical (unpaired) electrons. The van der Waals surface area contributed by atoms with Gasteiger partial charge in [0, 0.05) is 24.3 Å². The number of aromatic nitrogens is 3. The number of aromatic amines is 1. The molecule has 0 spiro atoms. The molecule has 7 nitrogen and oxygen atoms in total. The zero-order valence-electron chi connectivity index (χ0n) is 17.0. The molecule has 168 valence electrons. The monoisotopic (exact) mass is 446 g/mol. The zero-order valence-corrected chi connectivity index (χ0v) is 17.0. The van der Waals surface area contributed by atoms with Crippen LogP contribution in [0.2, 0.25) is 0 Å². The van der Waals surface area contributed by atoms with E-state index < -0.39 is 11.9 Å². The maximum absolute atomic E-state index is 13.1. The minimum atomic E-state index is -4.51. The third-order valence-corrected chi connectivity index (χ3v) is 5.72. The highest BCUT2D eigenvalue weighted by molar-refractivity contribution is 5.88. The van der Waals surface area contributed by atoms with E-state index in [2.05, 4.69) is 19.9 Å². The summed E-state index contributed by atoms with van der Waals surface area (Å²) in [6.45, 7) is 2.31. The van der Waals surface area contributed by atoms with Gasteiger partial charge in [0.1, 0.15) is 36.1 Å². The van der Waals surface area contributed by atoms with Gasteiger partial charge in [-0.25, -0.2) is 15.0 Å².